The summed E-state index contributed by atoms with van der Waals surface area (Å²) in [5.74, 6) is 0.0758. The fourth-order valence-electron chi connectivity index (χ4n) is 3.55. The third kappa shape index (κ3) is 8.71. The van der Waals surface area contributed by atoms with Crippen LogP contribution in [0.5, 0.6) is 5.75 Å². The zero-order valence-corrected chi connectivity index (χ0v) is 22.5. The van der Waals surface area contributed by atoms with Crippen LogP contribution in [0.25, 0.3) is 0 Å². The fraction of sp³-hybridized carbons (Fsp3) is 0.286. The molecule has 3 aromatic rings. The van der Waals surface area contributed by atoms with Crippen molar-refractivity contribution in [2.75, 3.05) is 6.61 Å². The first-order chi connectivity index (χ1) is 16.6. The van der Waals surface area contributed by atoms with Gasteiger partial charge in [0.05, 0.1) is 0 Å². The first-order valence-corrected chi connectivity index (χ1v) is 12.6. The summed E-state index contributed by atoms with van der Waals surface area (Å²) in [5, 5.41) is 3.66. The lowest BCUT2D eigenvalue weighted by Gasteiger charge is -2.33. The topological polar surface area (TPSA) is 58.6 Å². The third-order valence-electron chi connectivity index (χ3n) is 5.21. The Bertz CT molecular complexity index is 1110. The highest BCUT2D eigenvalue weighted by Gasteiger charge is 2.32. The Morgan fingerprint density at radius 1 is 0.943 bits per heavy atom. The summed E-state index contributed by atoms with van der Waals surface area (Å²) in [6.07, 6.45) is 0.375. The number of hydrogen-bond acceptors (Lipinski definition) is 3. The van der Waals surface area contributed by atoms with Crippen LogP contribution >= 0.6 is 27.5 Å². The number of ether oxygens (including phenoxy) is 1. The molecule has 2 amide bonds. The molecule has 0 saturated heterocycles. The van der Waals surface area contributed by atoms with E-state index in [1.54, 1.807) is 29.2 Å². The molecule has 0 radical (unpaired) electrons. The third-order valence-corrected chi connectivity index (χ3v) is 5.99. The van der Waals surface area contributed by atoms with Gasteiger partial charge in [0.15, 0.2) is 6.61 Å². The molecule has 1 N–H and O–H groups in total. The van der Waals surface area contributed by atoms with Crippen LogP contribution in [-0.2, 0) is 22.6 Å². The van der Waals surface area contributed by atoms with Gasteiger partial charge in [-0.15, -0.1) is 0 Å². The summed E-state index contributed by atoms with van der Waals surface area (Å²) in [6, 6.07) is 23.5. The predicted octanol–water partition coefficient (Wildman–Crippen LogP) is 6.04. The van der Waals surface area contributed by atoms with Crippen molar-refractivity contribution in [2.24, 2.45) is 0 Å². The van der Waals surface area contributed by atoms with E-state index >= 15 is 0 Å². The first kappa shape index (κ1) is 26.8. The van der Waals surface area contributed by atoms with Crippen LogP contribution in [0.4, 0.5) is 0 Å². The van der Waals surface area contributed by atoms with Gasteiger partial charge in [0.25, 0.3) is 5.91 Å². The quantitative estimate of drug-likeness (QED) is 0.349. The van der Waals surface area contributed by atoms with Gasteiger partial charge in [0, 0.05) is 28.0 Å². The van der Waals surface area contributed by atoms with Gasteiger partial charge in [-0.3, -0.25) is 9.59 Å². The molecule has 184 valence electrons. The van der Waals surface area contributed by atoms with Crippen LogP contribution in [-0.4, -0.2) is 34.9 Å². The Morgan fingerprint density at radius 2 is 1.57 bits per heavy atom. The second-order valence-corrected chi connectivity index (χ2v) is 10.7. The summed E-state index contributed by atoms with van der Waals surface area (Å²) in [5.41, 5.74) is 1.38. The van der Waals surface area contributed by atoms with E-state index in [1.807, 2.05) is 75.4 Å². The van der Waals surface area contributed by atoms with Gasteiger partial charge in [-0.2, -0.15) is 0 Å². The van der Waals surface area contributed by atoms with Crippen LogP contribution in [0.2, 0.25) is 5.02 Å². The number of nitrogens with one attached hydrogen (secondary N) is 1. The van der Waals surface area contributed by atoms with E-state index in [2.05, 4.69) is 21.2 Å². The molecular formula is C28H30BrClN2O3. The van der Waals surface area contributed by atoms with Gasteiger partial charge in [0.1, 0.15) is 11.8 Å². The van der Waals surface area contributed by atoms with E-state index < -0.39 is 11.6 Å². The van der Waals surface area contributed by atoms with Gasteiger partial charge in [-0.1, -0.05) is 70.0 Å². The molecule has 3 rings (SSSR count). The normalized spacial score (nSPS) is 12.0. The van der Waals surface area contributed by atoms with Crippen molar-refractivity contribution in [3.8, 4) is 5.75 Å². The van der Waals surface area contributed by atoms with Crippen LogP contribution < -0.4 is 10.1 Å². The van der Waals surface area contributed by atoms with Gasteiger partial charge >= 0.3 is 0 Å². The van der Waals surface area contributed by atoms with Gasteiger partial charge in [0.2, 0.25) is 5.91 Å². The van der Waals surface area contributed by atoms with Crippen LogP contribution in [0, 0.1) is 0 Å². The van der Waals surface area contributed by atoms with Crippen LogP contribution in [0.1, 0.15) is 31.9 Å². The molecule has 0 unspecified atom stereocenters. The maximum absolute atomic E-state index is 13.5. The number of halogens is 2. The largest absolute Gasteiger partial charge is 0.484 e. The lowest BCUT2D eigenvalue weighted by atomic mass is 10.0. The average molecular weight is 558 g/mol. The highest BCUT2D eigenvalue weighted by Crippen LogP contribution is 2.19. The van der Waals surface area contributed by atoms with Crippen LogP contribution in [0.3, 0.4) is 0 Å². The number of amides is 2. The van der Waals surface area contributed by atoms with E-state index in [-0.39, 0.29) is 25.0 Å². The minimum Gasteiger partial charge on any atom is -0.484 e. The molecule has 0 aliphatic heterocycles. The smallest absolute Gasteiger partial charge is 0.261 e. The average Bonchev–Trinajstić information content (AvgIpc) is 2.81. The number of nitrogens with zero attached hydrogens (tertiary/aromatic N) is 1. The Morgan fingerprint density at radius 3 is 2.17 bits per heavy atom. The van der Waals surface area contributed by atoms with Crippen molar-refractivity contribution in [3.63, 3.8) is 0 Å². The summed E-state index contributed by atoms with van der Waals surface area (Å²) < 4.78 is 6.70. The predicted molar refractivity (Wildman–Crippen MR) is 143 cm³/mol. The molecule has 0 fully saturated rings. The minimum atomic E-state index is -0.728. The zero-order valence-electron chi connectivity index (χ0n) is 20.1. The maximum atomic E-state index is 13.5. The second kappa shape index (κ2) is 12.2. The van der Waals surface area contributed by atoms with Crippen LogP contribution in [0.15, 0.2) is 83.3 Å². The molecule has 0 bridgehead atoms. The van der Waals surface area contributed by atoms with E-state index in [1.165, 1.54) is 0 Å². The molecule has 7 heteroatoms. The van der Waals surface area contributed by atoms with Crippen molar-refractivity contribution >= 4 is 39.3 Å². The molecule has 5 nitrogen and oxygen atoms in total. The highest BCUT2D eigenvalue weighted by atomic mass is 79.9. The van der Waals surface area contributed by atoms with Crippen molar-refractivity contribution in [3.05, 3.63) is 99.5 Å². The monoisotopic (exact) mass is 556 g/mol. The SMILES string of the molecule is CC(C)(C)NC(=O)[C@H](Cc1ccccc1)N(Cc1ccc(Cl)cc1)C(=O)COc1ccc(Br)cc1. The highest BCUT2D eigenvalue weighted by molar-refractivity contribution is 9.10. The lowest BCUT2D eigenvalue weighted by molar-refractivity contribution is -0.143. The zero-order chi connectivity index (χ0) is 25.4. The Balaban J connectivity index is 1.91. The Kier molecular flexibility index (Phi) is 9.35. The van der Waals surface area contributed by atoms with Crippen molar-refractivity contribution in [2.45, 2.75) is 45.3 Å². The second-order valence-electron chi connectivity index (χ2n) is 9.34. The summed E-state index contributed by atoms with van der Waals surface area (Å²) in [7, 11) is 0. The van der Waals surface area contributed by atoms with E-state index in [0.717, 1.165) is 15.6 Å². The first-order valence-electron chi connectivity index (χ1n) is 11.4. The Labute approximate surface area is 220 Å². The fourth-order valence-corrected chi connectivity index (χ4v) is 3.94. The number of carbonyl (C=O) groups is 2. The Hall–Kier alpha value is -2.83. The molecule has 0 aliphatic carbocycles. The number of carbonyl (C=O) groups excluding carboxylic acids is 2. The number of benzene rings is 3. The molecule has 0 saturated carbocycles. The summed E-state index contributed by atoms with van der Waals surface area (Å²) >= 11 is 9.46. The van der Waals surface area contributed by atoms with E-state index in [0.29, 0.717) is 17.2 Å². The molecule has 3 aromatic carbocycles. The van der Waals surface area contributed by atoms with E-state index in [9.17, 15) is 9.59 Å². The van der Waals surface area contributed by atoms with Crippen molar-refractivity contribution in [1.82, 2.24) is 10.2 Å². The molecule has 0 aliphatic rings. The molecule has 0 aromatic heterocycles. The molecular weight excluding hydrogens is 528 g/mol. The van der Waals surface area contributed by atoms with Crippen molar-refractivity contribution in [1.29, 1.82) is 0 Å². The standard InChI is InChI=1S/C28H30BrClN2O3/c1-28(2,3)31-27(34)25(17-20-7-5-4-6-8-20)32(18-21-9-13-23(30)14-10-21)26(33)19-35-24-15-11-22(29)12-16-24/h4-16,25H,17-19H2,1-3H3,(H,31,34)/t25-/m0/s1. The molecule has 0 spiro atoms. The number of hydrogen-bond donors (Lipinski definition) is 1. The summed E-state index contributed by atoms with van der Waals surface area (Å²) in [4.78, 5) is 28.6. The van der Waals surface area contributed by atoms with E-state index in [4.69, 9.17) is 16.3 Å². The van der Waals surface area contributed by atoms with Crippen molar-refractivity contribution < 1.29 is 14.3 Å². The van der Waals surface area contributed by atoms with Gasteiger partial charge in [-0.25, -0.2) is 0 Å². The lowest BCUT2D eigenvalue weighted by Crippen LogP contribution is -2.55. The van der Waals surface area contributed by atoms with Gasteiger partial charge in [-0.05, 0) is 68.3 Å². The maximum Gasteiger partial charge on any atom is 0.261 e. The minimum absolute atomic E-state index is 0.191. The molecule has 0 heterocycles. The van der Waals surface area contributed by atoms with Gasteiger partial charge < -0.3 is 15.0 Å². The molecule has 35 heavy (non-hydrogen) atoms. The number of rotatable bonds is 9. The molecule has 1 atom stereocenters. The summed E-state index contributed by atoms with van der Waals surface area (Å²) in [6.45, 7) is 5.82.